The molecule has 0 aromatic carbocycles. The lowest BCUT2D eigenvalue weighted by molar-refractivity contribution is -0.136. The quantitative estimate of drug-likeness (QED) is 0.448. The van der Waals surface area contributed by atoms with Crippen molar-refractivity contribution in [1.82, 2.24) is 0 Å². The van der Waals surface area contributed by atoms with Gasteiger partial charge in [-0.1, -0.05) is 45.4 Å². The average molecular weight is 210 g/mol. The van der Waals surface area contributed by atoms with Crippen molar-refractivity contribution in [2.75, 3.05) is 0 Å². The molecule has 0 atom stereocenters. The minimum atomic E-state index is -0.0899. The maximum Gasteiger partial charge on any atom is 0.314 e. The first kappa shape index (κ1) is 12.3. The van der Waals surface area contributed by atoms with E-state index >= 15 is 0 Å². The maximum absolute atomic E-state index is 10.8. The highest BCUT2D eigenvalue weighted by atomic mass is 16.5. The molecule has 0 unspecified atom stereocenters. The Bertz CT molecular complexity index is 219. The van der Waals surface area contributed by atoms with E-state index in [2.05, 4.69) is 6.92 Å². The Morgan fingerprint density at radius 1 is 1.13 bits per heavy atom. The van der Waals surface area contributed by atoms with Crippen molar-refractivity contribution >= 4 is 5.97 Å². The molecule has 2 heteroatoms. The van der Waals surface area contributed by atoms with E-state index in [4.69, 9.17) is 4.74 Å². The van der Waals surface area contributed by atoms with Gasteiger partial charge in [0.25, 0.3) is 0 Å². The van der Waals surface area contributed by atoms with E-state index in [0.29, 0.717) is 6.42 Å². The molecule has 0 fully saturated rings. The van der Waals surface area contributed by atoms with Crippen LogP contribution in [0.4, 0.5) is 0 Å². The summed E-state index contributed by atoms with van der Waals surface area (Å²) >= 11 is 0. The zero-order chi connectivity index (χ0) is 10.9. The van der Waals surface area contributed by atoms with Gasteiger partial charge < -0.3 is 4.74 Å². The van der Waals surface area contributed by atoms with Crippen LogP contribution >= 0.6 is 0 Å². The van der Waals surface area contributed by atoms with Crippen LogP contribution in [0.3, 0.4) is 0 Å². The molecule has 1 aliphatic rings. The molecule has 86 valence electrons. The fourth-order valence-corrected chi connectivity index (χ4v) is 1.84. The van der Waals surface area contributed by atoms with E-state index in [1.807, 2.05) is 6.08 Å². The van der Waals surface area contributed by atoms with Gasteiger partial charge in [-0.2, -0.15) is 0 Å². The van der Waals surface area contributed by atoms with Gasteiger partial charge in [0, 0.05) is 6.42 Å². The fraction of sp³-hybridized carbons (Fsp3) is 0.769. The monoisotopic (exact) mass is 210 g/mol. The number of allylic oxidation sites excluding steroid dienone is 1. The Balaban J connectivity index is 1.87. The van der Waals surface area contributed by atoms with Crippen LogP contribution in [0.25, 0.3) is 0 Å². The molecule has 1 heterocycles. The van der Waals surface area contributed by atoms with Crippen LogP contribution in [0.2, 0.25) is 0 Å². The predicted molar refractivity (Wildman–Crippen MR) is 61.4 cm³/mol. The minimum absolute atomic E-state index is 0.0899. The summed E-state index contributed by atoms with van der Waals surface area (Å²) in [4.78, 5) is 10.8. The van der Waals surface area contributed by atoms with Crippen molar-refractivity contribution in [1.29, 1.82) is 0 Å². The van der Waals surface area contributed by atoms with Crippen molar-refractivity contribution in [3.8, 4) is 0 Å². The topological polar surface area (TPSA) is 26.3 Å². The summed E-state index contributed by atoms with van der Waals surface area (Å²) in [5.74, 6) is 0.807. The SMILES string of the molecule is CCCCCCCCCC1=CCC(=O)O1. The molecular weight excluding hydrogens is 188 g/mol. The summed E-state index contributed by atoms with van der Waals surface area (Å²) < 4.78 is 5.03. The number of ether oxygens (including phenoxy) is 1. The van der Waals surface area contributed by atoms with Crippen LogP contribution in [-0.2, 0) is 9.53 Å². The smallest absolute Gasteiger partial charge is 0.314 e. The predicted octanol–water partition coefficient (Wildman–Crippen LogP) is 3.96. The van der Waals surface area contributed by atoms with Crippen molar-refractivity contribution in [3.05, 3.63) is 11.8 Å². The first-order chi connectivity index (χ1) is 7.33. The Hall–Kier alpha value is -0.790. The summed E-state index contributed by atoms with van der Waals surface area (Å²) in [6.07, 6.45) is 12.5. The third kappa shape index (κ3) is 5.60. The molecule has 0 saturated carbocycles. The normalized spacial score (nSPS) is 15.3. The van der Waals surface area contributed by atoms with Gasteiger partial charge in [-0.15, -0.1) is 0 Å². The number of rotatable bonds is 8. The maximum atomic E-state index is 10.8. The Labute approximate surface area is 92.7 Å². The molecule has 0 aliphatic carbocycles. The fourth-order valence-electron chi connectivity index (χ4n) is 1.84. The second kappa shape index (κ2) is 7.49. The third-order valence-corrected chi connectivity index (χ3v) is 2.77. The summed E-state index contributed by atoms with van der Waals surface area (Å²) in [5, 5.41) is 0. The molecule has 1 rings (SSSR count). The molecule has 15 heavy (non-hydrogen) atoms. The van der Waals surface area contributed by atoms with Crippen molar-refractivity contribution in [2.45, 2.75) is 64.7 Å². The van der Waals surface area contributed by atoms with E-state index < -0.39 is 0 Å². The summed E-state index contributed by atoms with van der Waals surface area (Å²) in [5.41, 5.74) is 0. The number of esters is 1. The number of hydrogen-bond donors (Lipinski definition) is 0. The molecule has 0 N–H and O–H groups in total. The zero-order valence-electron chi connectivity index (χ0n) is 9.76. The van der Waals surface area contributed by atoms with Crippen LogP contribution in [0.5, 0.6) is 0 Å². The highest BCUT2D eigenvalue weighted by molar-refractivity contribution is 5.75. The number of carbonyl (C=O) groups excluding carboxylic acids is 1. The first-order valence-electron chi connectivity index (χ1n) is 6.22. The first-order valence-corrected chi connectivity index (χ1v) is 6.22. The van der Waals surface area contributed by atoms with E-state index in [0.717, 1.165) is 18.6 Å². The number of carbonyl (C=O) groups is 1. The number of hydrogen-bond acceptors (Lipinski definition) is 2. The van der Waals surface area contributed by atoms with Gasteiger partial charge in [0.15, 0.2) is 0 Å². The molecule has 2 nitrogen and oxygen atoms in total. The van der Waals surface area contributed by atoms with E-state index in [9.17, 15) is 4.79 Å². The molecule has 1 aliphatic heterocycles. The van der Waals surface area contributed by atoms with Crippen molar-refractivity contribution in [2.24, 2.45) is 0 Å². The summed E-state index contributed by atoms with van der Waals surface area (Å²) in [6, 6.07) is 0. The highest BCUT2D eigenvalue weighted by Gasteiger charge is 2.12. The molecule has 0 amide bonds. The lowest BCUT2D eigenvalue weighted by Crippen LogP contribution is -1.93. The largest absolute Gasteiger partial charge is 0.431 e. The van der Waals surface area contributed by atoms with Gasteiger partial charge in [-0.3, -0.25) is 4.79 Å². The van der Waals surface area contributed by atoms with Gasteiger partial charge in [-0.25, -0.2) is 0 Å². The Morgan fingerprint density at radius 3 is 2.40 bits per heavy atom. The van der Waals surface area contributed by atoms with Crippen LogP contribution in [0.1, 0.15) is 64.7 Å². The van der Waals surface area contributed by atoms with E-state index in [-0.39, 0.29) is 5.97 Å². The standard InChI is InChI=1S/C13H22O2/c1-2-3-4-5-6-7-8-9-12-10-11-13(14)15-12/h10H,2-9,11H2,1H3. The lowest BCUT2D eigenvalue weighted by atomic mass is 10.1. The molecule has 0 radical (unpaired) electrons. The van der Waals surface area contributed by atoms with Crippen molar-refractivity contribution in [3.63, 3.8) is 0 Å². The van der Waals surface area contributed by atoms with Gasteiger partial charge in [0.05, 0.1) is 6.42 Å². The molecule has 0 aromatic rings. The van der Waals surface area contributed by atoms with Gasteiger partial charge in [0.1, 0.15) is 5.76 Å². The van der Waals surface area contributed by atoms with Gasteiger partial charge >= 0.3 is 5.97 Å². The lowest BCUT2D eigenvalue weighted by Gasteiger charge is -2.02. The Kier molecular flexibility index (Phi) is 6.14. The van der Waals surface area contributed by atoms with E-state index in [1.54, 1.807) is 0 Å². The zero-order valence-corrected chi connectivity index (χ0v) is 9.76. The van der Waals surface area contributed by atoms with Crippen molar-refractivity contribution < 1.29 is 9.53 Å². The second-order valence-corrected chi connectivity index (χ2v) is 4.22. The Morgan fingerprint density at radius 2 is 1.80 bits per heavy atom. The number of unbranched alkanes of at least 4 members (excludes halogenated alkanes) is 6. The molecular formula is C13H22O2. The van der Waals surface area contributed by atoms with Gasteiger partial charge in [0.2, 0.25) is 0 Å². The second-order valence-electron chi connectivity index (χ2n) is 4.22. The molecule has 0 spiro atoms. The van der Waals surface area contributed by atoms with Crippen LogP contribution in [-0.4, -0.2) is 5.97 Å². The molecule has 0 aromatic heterocycles. The number of cyclic esters (lactones) is 1. The third-order valence-electron chi connectivity index (χ3n) is 2.77. The van der Waals surface area contributed by atoms with E-state index in [1.165, 1.54) is 38.5 Å². The van der Waals surface area contributed by atoms with Crippen LogP contribution < -0.4 is 0 Å². The summed E-state index contributed by atoms with van der Waals surface area (Å²) in [7, 11) is 0. The van der Waals surface area contributed by atoms with Crippen LogP contribution in [0.15, 0.2) is 11.8 Å². The van der Waals surface area contributed by atoms with Gasteiger partial charge in [-0.05, 0) is 12.5 Å². The molecule has 0 bridgehead atoms. The molecule has 0 saturated heterocycles. The average Bonchev–Trinajstić information content (AvgIpc) is 2.63. The minimum Gasteiger partial charge on any atom is -0.431 e. The highest BCUT2D eigenvalue weighted by Crippen LogP contribution is 2.18. The van der Waals surface area contributed by atoms with Crippen LogP contribution in [0, 0.1) is 0 Å². The summed E-state index contributed by atoms with van der Waals surface area (Å²) in [6.45, 7) is 2.24.